The van der Waals surface area contributed by atoms with Crippen LogP contribution in [-0.2, 0) is 22.0 Å². The monoisotopic (exact) mass is 572 g/mol. The molecule has 0 saturated carbocycles. The molecule has 3 N–H and O–H groups in total. The van der Waals surface area contributed by atoms with E-state index in [4.69, 9.17) is 4.74 Å². The minimum Gasteiger partial charge on any atom is -0.488 e. The van der Waals surface area contributed by atoms with Gasteiger partial charge in [0.1, 0.15) is 23.0 Å². The number of hydrogen-bond acceptors (Lipinski definition) is 6. The minimum atomic E-state index is -3.41. The number of benzene rings is 3. The van der Waals surface area contributed by atoms with Crippen LogP contribution in [0.25, 0.3) is 0 Å². The van der Waals surface area contributed by atoms with E-state index in [1.54, 1.807) is 42.5 Å². The average Bonchev–Trinajstić information content (AvgIpc) is 2.85. The van der Waals surface area contributed by atoms with E-state index in [1.165, 1.54) is 0 Å². The lowest BCUT2D eigenvalue weighted by atomic mass is 9.98. The number of aliphatic hydroxyl groups is 1. The summed E-state index contributed by atoms with van der Waals surface area (Å²) in [7, 11) is -3.41. The fourth-order valence-electron chi connectivity index (χ4n) is 4.77. The van der Waals surface area contributed by atoms with Gasteiger partial charge >= 0.3 is 0 Å². The third-order valence-corrected chi connectivity index (χ3v) is 8.07. The predicted molar refractivity (Wildman–Crippen MR) is 149 cm³/mol. The average molecular weight is 573 g/mol. The number of ether oxygens (including phenoxy) is 1. The molecule has 1 aliphatic rings. The second kappa shape index (κ2) is 12.0. The molecule has 0 spiro atoms. The van der Waals surface area contributed by atoms with E-state index in [0.717, 1.165) is 23.8 Å². The Bertz CT molecular complexity index is 1440. The molecule has 1 heterocycles. The van der Waals surface area contributed by atoms with Gasteiger partial charge in [-0.3, -0.25) is 4.79 Å². The topological polar surface area (TPSA) is 105 Å². The van der Waals surface area contributed by atoms with Gasteiger partial charge in [0.25, 0.3) is 5.91 Å². The Kier molecular flexibility index (Phi) is 8.92. The van der Waals surface area contributed by atoms with Gasteiger partial charge < -0.3 is 20.5 Å². The summed E-state index contributed by atoms with van der Waals surface area (Å²) in [6.45, 7) is 5.65. The Morgan fingerprint density at radius 3 is 2.38 bits per heavy atom. The van der Waals surface area contributed by atoms with Gasteiger partial charge in [-0.15, -0.1) is 0 Å². The molecule has 3 aromatic rings. The highest BCUT2D eigenvalue weighted by atomic mass is 32.2. The maximum atomic E-state index is 13.9. The Balaban J connectivity index is 1.55. The summed E-state index contributed by atoms with van der Waals surface area (Å²) in [6.07, 6.45) is -1.28. The van der Waals surface area contributed by atoms with Gasteiger partial charge in [-0.25, -0.2) is 17.2 Å². The van der Waals surface area contributed by atoms with Crippen molar-refractivity contribution >= 4 is 15.7 Å². The number of nitrogens with one attached hydrogen (secondary N) is 2. The zero-order valence-electron chi connectivity index (χ0n) is 22.7. The highest BCUT2D eigenvalue weighted by Gasteiger charge is 2.32. The van der Waals surface area contributed by atoms with Crippen molar-refractivity contribution < 1.29 is 31.8 Å². The standard InChI is InChI=1S/C30H34F2N2O5S/c1-30(2,3)39-24-10-9-21-17-40(37,38)18-27(25(21)15-24)33-16-28(35)26(13-19-11-22(31)14-23(32)12-19)34-29(36)20-7-5-4-6-8-20/h4-12,14-15,26-28,33,35H,13,16-18H2,1-3H3,(H,34,36)/t26-,27-,28-/m1/s1. The Morgan fingerprint density at radius 1 is 1.05 bits per heavy atom. The summed E-state index contributed by atoms with van der Waals surface area (Å²) < 4.78 is 59.0. The number of aliphatic hydroxyl groups excluding tert-OH is 1. The van der Waals surface area contributed by atoms with E-state index in [9.17, 15) is 27.1 Å². The summed E-state index contributed by atoms with van der Waals surface area (Å²) in [4.78, 5) is 12.9. The largest absolute Gasteiger partial charge is 0.488 e. The first-order chi connectivity index (χ1) is 18.8. The number of carbonyl (C=O) groups excluding carboxylic acids is 1. The third kappa shape index (κ3) is 8.09. The SMILES string of the molecule is CC(C)(C)Oc1ccc2c(c1)[C@H](NC[C@@H](O)[C@@H](Cc1cc(F)cc(F)c1)NC(=O)c1ccccc1)CS(=O)(=O)C2. The fourth-order valence-corrected chi connectivity index (χ4v) is 6.43. The van der Waals surface area contributed by atoms with E-state index >= 15 is 0 Å². The van der Waals surface area contributed by atoms with Crippen molar-refractivity contribution in [1.82, 2.24) is 10.6 Å². The molecular formula is C30H34F2N2O5S. The van der Waals surface area contributed by atoms with Crippen molar-refractivity contribution in [1.29, 1.82) is 0 Å². The van der Waals surface area contributed by atoms with Gasteiger partial charge in [-0.1, -0.05) is 24.3 Å². The van der Waals surface area contributed by atoms with Gasteiger partial charge in [0.05, 0.1) is 23.7 Å². The molecular weight excluding hydrogens is 538 g/mol. The molecule has 1 amide bonds. The van der Waals surface area contributed by atoms with Crippen molar-refractivity contribution in [2.45, 2.75) is 56.7 Å². The first-order valence-electron chi connectivity index (χ1n) is 13.0. The van der Waals surface area contributed by atoms with Crippen LogP contribution in [0.3, 0.4) is 0 Å². The van der Waals surface area contributed by atoms with Crippen LogP contribution in [0.5, 0.6) is 5.75 Å². The molecule has 3 atom stereocenters. The summed E-state index contributed by atoms with van der Waals surface area (Å²) in [5.74, 6) is -1.68. The van der Waals surface area contributed by atoms with Crippen molar-refractivity contribution in [2.75, 3.05) is 12.3 Å². The summed E-state index contributed by atoms with van der Waals surface area (Å²) in [5, 5.41) is 17.1. The van der Waals surface area contributed by atoms with Gasteiger partial charge in [-0.05, 0) is 80.3 Å². The molecule has 0 aliphatic carbocycles. The number of fused-ring (bicyclic) bond motifs is 1. The van der Waals surface area contributed by atoms with Crippen LogP contribution in [-0.4, -0.2) is 49.5 Å². The molecule has 0 fully saturated rings. The fraction of sp³-hybridized carbons (Fsp3) is 0.367. The molecule has 0 saturated heterocycles. The van der Waals surface area contributed by atoms with Crippen LogP contribution >= 0.6 is 0 Å². The number of amides is 1. The molecule has 40 heavy (non-hydrogen) atoms. The van der Waals surface area contributed by atoms with Gasteiger partial charge in [0.2, 0.25) is 0 Å². The highest BCUT2D eigenvalue weighted by Crippen LogP contribution is 2.32. The molecule has 7 nitrogen and oxygen atoms in total. The predicted octanol–water partition coefficient (Wildman–Crippen LogP) is 4.10. The van der Waals surface area contributed by atoms with Crippen LogP contribution in [0.4, 0.5) is 8.78 Å². The maximum absolute atomic E-state index is 13.9. The molecule has 3 aromatic carbocycles. The second-order valence-corrected chi connectivity index (χ2v) is 13.2. The first kappa shape index (κ1) is 29.6. The van der Waals surface area contributed by atoms with Crippen LogP contribution in [0, 0.1) is 11.6 Å². The van der Waals surface area contributed by atoms with Crippen LogP contribution in [0.2, 0.25) is 0 Å². The van der Waals surface area contributed by atoms with E-state index in [1.807, 2.05) is 26.8 Å². The summed E-state index contributed by atoms with van der Waals surface area (Å²) >= 11 is 0. The van der Waals surface area contributed by atoms with Gasteiger partial charge in [0.15, 0.2) is 9.84 Å². The van der Waals surface area contributed by atoms with Gasteiger partial charge in [-0.2, -0.15) is 0 Å². The number of halogens is 2. The molecule has 1 aliphatic heterocycles. The lowest BCUT2D eigenvalue weighted by Crippen LogP contribution is -2.50. The molecule has 214 valence electrons. The van der Waals surface area contributed by atoms with Crippen molar-refractivity contribution in [3.05, 3.63) is 101 Å². The zero-order chi connectivity index (χ0) is 29.1. The Labute approximate surface area is 233 Å². The minimum absolute atomic E-state index is 0.0563. The molecule has 0 unspecified atom stereocenters. The van der Waals surface area contributed by atoms with Crippen LogP contribution < -0.4 is 15.4 Å². The number of sulfone groups is 1. The molecule has 0 bridgehead atoms. The smallest absolute Gasteiger partial charge is 0.251 e. The van der Waals surface area contributed by atoms with E-state index in [-0.39, 0.29) is 30.0 Å². The Morgan fingerprint density at radius 2 is 1.73 bits per heavy atom. The first-order valence-corrected chi connectivity index (χ1v) is 14.8. The van der Waals surface area contributed by atoms with Gasteiger partial charge in [0, 0.05) is 24.2 Å². The normalized spacial score (nSPS) is 17.9. The molecule has 4 rings (SSSR count). The summed E-state index contributed by atoms with van der Waals surface area (Å²) in [5.41, 5.74) is 1.56. The zero-order valence-corrected chi connectivity index (χ0v) is 23.5. The summed E-state index contributed by atoms with van der Waals surface area (Å²) in [6, 6.07) is 15.1. The maximum Gasteiger partial charge on any atom is 0.251 e. The quantitative estimate of drug-likeness (QED) is 0.357. The van der Waals surface area contributed by atoms with Crippen molar-refractivity contribution in [3.63, 3.8) is 0 Å². The Hall–Kier alpha value is -3.34. The molecule has 10 heteroatoms. The van der Waals surface area contributed by atoms with E-state index < -0.39 is 51.2 Å². The van der Waals surface area contributed by atoms with E-state index in [2.05, 4.69) is 10.6 Å². The third-order valence-electron chi connectivity index (χ3n) is 6.48. The molecule has 0 radical (unpaired) electrons. The lowest BCUT2D eigenvalue weighted by Gasteiger charge is -2.31. The number of hydrogen-bond donors (Lipinski definition) is 3. The van der Waals surface area contributed by atoms with Crippen LogP contribution in [0.15, 0.2) is 66.7 Å². The van der Waals surface area contributed by atoms with Crippen LogP contribution in [0.1, 0.15) is 53.9 Å². The molecule has 0 aromatic heterocycles. The second-order valence-electron chi connectivity index (χ2n) is 11.1. The lowest BCUT2D eigenvalue weighted by molar-refractivity contribution is 0.0825. The van der Waals surface area contributed by atoms with E-state index in [0.29, 0.717) is 16.9 Å². The number of rotatable bonds is 9. The van der Waals surface area contributed by atoms with Crippen molar-refractivity contribution in [3.8, 4) is 5.75 Å². The number of carbonyl (C=O) groups is 1. The highest BCUT2D eigenvalue weighted by molar-refractivity contribution is 7.90. The van der Waals surface area contributed by atoms with Crippen molar-refractivity contribution in [2.24, 2.45) is 0 Å².